The van der Waals surface area contributed by atoms with Gasteiger partial charge in [0.05, 0.1) is 44.5 Å². The van der Waals surface area contributed by atoms with Crippen LogP contribution in [0.15, 0.2) is 42.3 Å². The first-order valence-corrected chi connectivity index (χ1v) is 9.57. The number of benzene rings is 1. The van der Waals surface area contributed by atoms with E-state index in [2.05, 4.69) is 11.1 Å². The molecule has 2 aliphatic heterocycles. The Labute approximate surface area is 158 Å². The molecule has 3 heterocycles. The molecule has 144 valence electrons. The van der Waals surface area contributed by atoms with Crippen molar-refractivity contribution in [3.8, 4) is 0 Å². The summed E-state index contributed by atoms with van der Waals surface area (Å²) in [5, 5.41) is 14.6. The summed E-state index contributed by atoms with van der Waals surface area (Å²) < 4.78 is 10.3. The number of carbonyl (C=O) groups is 1. The molecule has 0 spiro atoms. The van der Waals surface area contributed by atoms with Crippen molar-refractivity contribution in [3.05, 3.63) is 53.1 Å². The van der Waals surface area contributed by atoms with Crippen LogP contribution < -0.4 is 0 Å². The van der Waals surface area contributed by atoms with Crippen LogP contribution in [0.5, 0.6) is 0 Å². The van der Waals surface area contributed by atoms with E-state index in [4.69, 9.17) is 9.47 Å². The van der Waals surface area contributed by atoms with Gasteiger partial charge in [0.2, 0.25) is 0 Å². The van der Waals surface area contributed by atoms with Gasteiger partial charge in [-0.15, -0.1) is 0 Å². The minimum atomic E-state index is -0.346. The van der Waals surface area contributed by atoms with Gasteiger partial charge < -0.3 is 24.3 Å². The second-order valence-corrected chi connectivity index (χ2v) is 7.76. The number of nitrogens with zero attached hydrogens (tertiary/aromatic N) is 1. The molecule has 0 aliphatic carbocycles. The van der Waals surface area contributed by atoms with Crippen LogP contribution in [0, 0.1) is 17.0 Å². The number of ether oxygens (including phenoxy) is 2. The van der Waals surface area contributed by atoms with Crippen molar-refractivity contribution < 1.29 is 18.9 Å². The van der Waals surface area contributed by atoms with Gasteiger partial charge in [0, 0.05) is 35.9 Å². The second-order valence-electron chi connectivity index (χ2n) is 7.76. The molecule has 1 fully saturated rings. The molecular weight excluding hydrogens is 344 g/mol. The lowest BCUT2D eigenvalue weighted by Gasteiger charge is -2.52. The van der Waals surface area contributed by atoms with Gasteiger partial charge >= 0.3 is 5.97 Å². The first-order chi connectivity index (χ1) is 13.0. The number of carbonyl (C=O) groups excluding carboxylic acids is 1. The van der Waals surface area contributed by atoms with Gasteiger partial charge in [0.1, 0.15) is 6.10 Å². The monoisotopic (exact) mass is 370 g/mol. The van der Waals surface area contributed by atoms with Crippen LogP contribution in [0.1, 0.15) is 18.9 Å². The summed E-state index contributed by atoms with van der Waals surface area (Å²) >= 11 is 0. The molecule has 1 N–H and O–H groups in total. The number of likely N-dealkylation sites (tertiary alicyclic amines) is 1. The van der Waals surface area contributed by atoms with Gasteiger partial charge in [-0.2, -0.15) is 0 Å². The molecule has 27 heavy (non-hydrogen) atoms. The summed E-state index contributed by atoms with van der Waals surface area (Å²) in [5.74, 6) is -0.255. The van der Waals surface area contributed by atoms with E-state index >= 15 is 0 Å². The van der Waals surface area contributed by atoms with Gasteiger partial charge in [0.25, 0.3) is 0 Å². The number of hydroxylamine groups is 3. The van der Waals surface area contributed by atoms with Gasteiger partial charge in [-0.3, -0.25) is 0 Å². The van der Waals surface area contributed by atoms with Gasteiger partial charge in [0.15, 0.2) is 0 Å². The highest BCUT2D eigenvalue weighted by atomic mass is 16.5. The maximum absolute atomic E-state index is 13.4. The van der Waals surface area contributed by atoms with E-state index in [9.17, 15) is 10.0 Å². The number of para-hydroxylation sites is 1. The Kier molecular flexibility index (Phi) is 4.70. The Hall–Kier alpha value is -2.31. The number of piperidine rings is 1. The molecule has 0 radical (unpaired) electrons. The maximum atomic E-state index is 13.4. The highest BCUT2D eigenvalue weighted by Gasteiger charge is 2.45. The third kappa shape index (κ3) is 3.35. The minimum absolute atomic E-state index is 0.0401. The Balaban J connectivity index is 1.47. The largest absolute Gasteiger partial charge is 0.633 e. The minimum Gasteiger partial charge on any atom is -0.633 e. The number of rotatable bonds is 4. The van der Waals surface area contributed by atoms with Crippen molar-refractivity contribution in [1.82, 2.24) is 4.98 Å². The highest BCUT2D eigenvalue weighted by molar-refractivity contribution is 5.89. The molecule has 0 amide bonds. The number of hydrogen-bond donors (Lipinski definition) is 1. The van der Waals surface area contributed by atoms with Crippen molar-refractivity contribution in [2.75, 3.05) is 26.7 Å². The summed E-state index contributed by atoms with van der Waals surface area (Å²) in [5.41, 5.74) is 2.86. The van der Waals surface area contributed by atoms with Gasteiger partial charge in [-0.05, 0) is 18.6 Å². The molecule has 1 aromatic carbocycles. The number of aromatic nitrogens is 1. The smallest absolute Gasteiger partial charge is 0.337 e. The van der Waals surface area contributed by atoms with E-state index in [0.717, 1.165) is 11.9 Å². The van der Waals surface area contributed by atoms with E-state index < -0.39 is 0 Å². The lowest BCUT2D eigenvalue weighted by molar-refractivity contribution is -0.891. The number of hydrogen-bond acceptors (Lipinski definition) is 4. The lowest BCUT2D eigenvalue weighted by atomic mass is 9.76. The standard InChI is InChI=1S/C21H26N2O4/c1-14-18-12-23(25,10-8-17(18)19(13-27-14)21(24)26-2)9-7-15-11-22-20-6-4-3-5-16(15)20/h3-6,11,13-14,17-18,22H,7-10,12H2,1-2H3/t14-,17-,18-,23?/m0/s1. The van der Waals surface area contributed by atoms with Crippen LogP contribution in [0.4, 0.5) is 0 Å². The van der Waals surface area contributed by atoms with E-state index in [-0.39, 0.29) is 28.6 Å². The van der Waals surface area contributed by atoms with Crippen LogP contribution in [-0.2, 0) is 20.7 Å². The Morgan fingerprint density at radius 3 is 3.04 bits per heavy atom. The van der Waals surface area contributed by atoms with Crippen LogP contribution >= 0.6 is 0 Å². The van der Waals surface area contributed by atoms with E-state index in [1.54, 1.807) is 0 Å². The fraction of sp³-hybridized carbons (Fsp3) is 0.476. The van der Waals surface area contributed by atoms with Crippen molar-refractivity contribution >= 4 is 16.9 Å². The Morgan fingerprint density at radius 1 is 1.41 bits per heavy atom. The first-order valence-electron chi connectivity index (χ1n) is 9.57. The number of aromatic amines is 1. The molecule has 1 aromatic heterocycles. The molecule has 4 rings (SSSR count). The number of quaternary nitrogens is 1. The number of H-pyrrole nitrogens is 1. The number of fused-ring (bicyclic) bond motifs is 2. The van der Waals surface area contributed by atoms with Crippen molar-refractivity contribution in [3.63, 3.8) is 0 Å². The summed E-state index contributed by atoms with van der Waals surface area (Å²) in [6.45, 7) is 3.51. The van der Waals surface area contributed by atoms with Crippen molar-refractivity contribution in [1.29, 1.82) is 0 Å². The average Bonchev–Trinajstić information content (AvgIpc) is 3.10. The molecule has 6 nitrogen and oxygen atoms in total. The van der Waals surface area contributed by atoms with Crippen molar-refractivity contribution in [2.24, 2.45) is 11.8 Å². The fourth-order valence-corrected chi connectivity index (χ4v) is 4.60. The fourth-order valence-electron chi connectivity index (χ4n) is 4.60. The summed E-state index contributed by atoms with van der Waals surface area (Å²) in [6, 6.07) is 8.17. The predicted molar refractivity (Wildman–Crippen MR) is 102 cm³/mol. The van der Waals surface area contributed by atoms with Gasteiger partial charge in [-0.1, -0.05) is 18.2 Å². The van der Waals surface area contributed by atoms with Crippen LogP contribution in [0.3, 0.4) is 0 Å². The molecule has 0 bridgehead atoms. The van der Waals surface area contributed by atoms with Crippen LogP contribution in [0.25, 0.3) is 10.9 Å². The Bertz CT molecular complexity index is 874. The zero-order chi connectivity index (χ0) is 19.0. The maximum Gasteiger partial charge on any atom is 0.337 e. The van der Waals surface area contributed by atoms with Crippen LogP contribution in [-0.4, -0.2) is 48.4 Å². The molecular formula is C21H26N2O4. The molecule has 6 heteroatoms. The number of nitrogens with one attached hydrogen (secondary N) is 1. The van der Waals surface area contributed by atoms with E-state index in [1.807, 2.05) is 31.3 Å². The average molecular weight is 370 g/mol. The molecule has 1 unspecified atom stereocenters. The molecule has 2 aliphatic rings. The molecule has 0 saturated carbocycles. The van der Waals surface area contributed by atoms with Crippen LogP contribution in [0.2, 0.25) is 0 Å². The molecule has 2 aromatic rings. The molecule has 1 saturated heterocycles. The Morgan fingerprint density at radius 2 is 2.22 bits per heavy atom. The van der Waals surface area contributed by atoms with Gasteiger partial charge in [-0.25, -0.2) is 4.79 Å². The number of esters is 1. The lowest BCUT2D eigenvalue weighted by Crippen LogP contribution is -2.57. The zero-order valence-corrected chi connectivity index (χ0v) is 15.8. The molecule has 4 atom stereocenters. The van der Waals surface area contributed by atoms with Crippen molar-refractivity contribution in [2.45, 2.75) is 25.9 Å². The third-order valence-corrected chi connectivity index (χ3v) is 6.20. The highest BCUT2D eigenvalue weighted by Crippen LogP contribution is 2.39. The summed E-state index contributed by atoms with van der Waals surface area (Å²) in [4.78, 5) is 15.3. The second kappa shape index (κ2) is 7.02. The number of methoxy groups -OCH3 is 1. The SMILES string of the molecule is COC(=O)C1=CO[C@@H](C)[C@@H]2C[N+]([O-])(CCc3c[nH]c4ccccc34)CC[C@H]12. The van der Waals surface area contributed by atoms with E-state index in [1.165, 1.54) is 24.3 Å². The third-order valence-electron chi connectivity index (χ3n) is 6.20. The normalized spacial score (nSPS) is 30.3. The quantitative estimate of drug-likeness (QED) is 0.510. The zero-order valence-electron chi connectivity index (χ0n) is 15.8. The summed E-state index contributed by atoms with van der Waals surface area (Å²) in [7, 11) is 1.38. The summed E-state index contributed by atoms with van der Waals surface area (Å²) in [6.07, 6.45) is 4.90. The predicted octanol–water partition coefficient (Wildman–Crippen LogP) is 3.14. The topological polar surface area (TPSA) is 74.4 Å². The van der Waals surface area contributed by atoms with E-state index in [0.29, 0.717) is 31.6 Å². The first kappa shape index (κ1) is 18.1.